The second kappa shape index (κ2) is 5.57. The number of aromatic nitrogens is 2. The van der Waals surface area contributed by atoms with Gasteiger partial charge in [-0.3, -0.25) is 14.7 Å². The molecule has 1 aliphatic rings. The molecular formula is C15H18N4O2. The summed E-state index contributed by atoms with van der Waals surface area (Å²) in [5, 5.41) is 3.22. The number of fused-ring (bicyclic) bond motifs is 1. The molecule has 2 heterocycles. The summed E-state index contributed by atoms with van der Waals surface area (Å²) >= 11 is 0. The topological polar surface area (TPSA) is 70.1 Å². The van der Waals surface area contributed by atoms with Gasteiger partial charge < -0.3 is 5.32 Å². The first kappa shape index (κ1) is 13.6. The van der Waals surface area contributed by atoms with Gasteiger partial charge in [-0.15, -0.1) is 0 Å². The first-order chi connectivity index (χ1) is 10.2. The standard InChI is InChI=1S/C15H18N4O2/c1-2-8-18-9-12-13(16-10-18)19(15(21)17-14(12)20)11-6-4-3-5-7-11/h3-7,16H,2,8-10H2,1H3,(H,17,20,21). The van der Waals surface area contributed by atoms with Crippen molar-refractivity contribution in [3.05, 3.63) is 56.7 Å². The van der Waals surface area contributed by atoms with Gasteiger partial charge in [-0.1, -0.05) is 25.1 Å². The number of nitrogens with zero attached hydrogens (tertiary/aromatic N) is 2. The third kappa shape index (κ3) is 2.50. The van der Waals surface area contributed by atoms with Crippen molar-refractivity contribution < 1.29 is 0 Å². The molecule has 110 valence electrons. The fourth-order valence-corrected chi connectivity index (χ4v) is 2.67. The van der Waals surface area contributed by atoms with E-state index in [1.165, 1.54) is 4.57 Å². The molecule has 1 aromatic carbocycles. The average molecular weight is 286 g/mol. The van der Waals surface area contributed by atoms with E-state index in [2.05, 4.69) is 22.1 Å². The normalized spacial score (nSPS) is 14.5. The van der Waals surface area contributed by atoms with Crippen molar-refractivity contribution in [2.45, 2.75) is 19.9 Å². The van der Waals surface area contributed by atoms with Gasteiger partial charge in [-0.05, 0) is 25.1 Å². The van der Waals surface area contributed by atoms with Gasteiger partial charge in [0, 0.05) is 6.54 Å². The van der Waals surface area contributed by atoms with E-state index in [-0.39, 0.29) is 5.56 Å². The third-order valence-electron chi connectivity index (χ3n) is 3.61. The molecule has 0 atom stereocenters. The molecule has 0 fully saturated rings. The molecule has 1 aliphatic heterocycles. The van der Waals surface area contributed by atoms with E-state index in [1.807, 2.05) is 30.3 Å². The molecule has 6 heteroatoms. The van der Waals surface area contributed by atoms with Crippen LogP contribution in [0.2, 0.25) is 0 Å². The smallest absolute Gasteiger partial charge is 0.334 e. The summed E-state index contributed by atoms with van der Waals surface area (Å²) in [6, 6.07) is 9.32. The van der Waals surface area contributed by atoms with Gasteiger partial charge in [0.1, 0.15) is 5.82 Å². The Hall–Kier alpha value is -2.34. The minimum atomic E-state index is -0.415. The van der Waals surface area contributed by atoms with E-state index < -0.39 is 5.69 Å². The van der Waals surface area contributed by atoms with E-state index >= 15 is 0 Å². The average Bonchev–Trinajstić information content (AvgIpc) is 2.49. The molecule has 0 saturated carbocycles. The molecule has 3 rings (SSSR count). The molecular weight excluding hydrogens is 268 g/mol. The Bertz CT molecular complexity index is 749. The third-order valence-corrected chi connectivity index (χ3v) is 3.61. The molecule has 1 aromatic heterocycles. The number of aromatic amines is 1. The van der Waals surface area contributed by atoms with E-state index in [9.17, 15) is 9.59 Å². The van der Waals surface area contributed by atoms with E-state index in [0.29, 0.717) is 24.6 Å². The van der Waals surface area contributed by atoms with Crippen LogP contribution in [0, 0.1) is 0 Å². The van der Waals surface area contributed by atoms with Crippen LogP contribution < -0.4 is 16.6 Å². The lowest BCUT2D eigenvalue weighted by molar-refractivity contribution is 0.273. The van der Waals surface area contributed by atoms with Gasteiger partial charge in [0.15, 0.2) is 0 Å². The number of nitrogens with one attached hydrogen (secondary N) is 2. The van der Waals surface area contributed by atoms with Crippen molar-refractivity contribution in [1.29, 1.82) is 0 Å². The Labute approximate surface area is 122 Å². The highest BCUT2D eigenvalue weighted by Gasteiger charge is 2.22. The molecule has 0 amide bonds. The lowest BCUT2D eigenvalue weighted by atomic mass is 10.2. The Morgan fingerprint density at radius 3 is 2.67 bits per heavy atom. The monoisotopic (exact) mass is 286 g/mol. The predicted molar refractivity (Wildman–Crippen MR) is 81.9 cm³/mol. The van der Waals surface area contributed by atoms with Crippen LogP contribution in [-0.4, -0.2) is 27.7 Å². The Kier molecular flexibility index (Phi) is 3.62. The number of H-pyrrole nitrogens is 1. The van der Waals surface area contributed by atoms with Crippen LogP contribution in [0.1, 0.15) is 18.9 Å². The van der Waals surface area contributed by atoms with Crippen LogP contribution in [0.4, 0.5) is 5.82 Å². The summed E-state index contributed by atoms with van der Waals surface area (Å²) in [6.07, 6.45) is 1.02. The number of hydrogen-bond acceptors (Lipinski definition) is 4. The van der Waals surface area contributed by atoms with E-state index in [4.69, 9.17) is 0 Å². The van der Waals surface area contributed by atoms with Gasteiger partial charge in [-0.25, -0.2) is 9.36 Å². The van der Waals surface area contributed by atoms with Gasteiger partial charge in [-0.2, -0.15) is 0 Å². The van der Waals surface area contributed by atoms with Crippen LogP contribution in [0.3, 0.4) is 0 Å². The van der Waals surface area contributed by atoms with Crippen LogP contribution in [0.25, 0.3) is 5.69 Å². The summed E-state index contributed by atoms with van der Waals surface area (Å²) in [5.74, 6) is 0.599. The lowest BCUT2D eigenvalue weighted by Gasteiger charge is -2.30. The summed E-state index contributed by atoms with van der Waals surface area (Å²) in [6.45, 7) is 4.20. The minimum Gasteiger partial charge on any atom is -0.358 e. The van der Waals surface area contributed by atoms with E-state index in [0.717, 1.165) is 18.7 Å². The van der Waals surface area contributed by atoms with Crippen LogP contribution in [-0.2, 0) is 6.54 Å². The maximum absolute atomic E-state index is 12.2. The second-order valence-electron chi connectivity index (χ2n) is 5.14. The zero-order valence-electron chi connectivity index (χ0n) is 11.9. The first-order valence-electron chi connectivity index (χ1n) is 7.10. The molecule has 2 aromatic rings. The summed E-state index contributed by atoms with van der Waals surface area (Å²) in [4.78, 5) is 28.8. The largest absolute Gasteiger partial charge is 0.358 e. The SMILES string of the molecule is CCCN1CNc2c(c(=O)[nH]c(=O)n2-c2ccccc2)C1. The molecule has 21 heavy (non-hydrogen) atoms. The second-order valence-corrected chi connectivity index (χ2v) is 5.14. The summed E-state index contributed by atoms with van der Waals surface area (Å²) < 4.78 is 1.53. The number of rotatable bonds is 3. The highest BCUT2D eigenvalue weighted by Crippen LogP contribution is 2.20. The highest BCUT2D eigenvalue weighted by molar-refractivity contribution is 5.51. The van der Waals surface area contributed by atoms with Crippen LogP contribution >= 0.6 is 0 Å². The molecule has 0 saturated heterocycles. The quantitative estimate of drug-likeness (QED) is 0.887. The van der Waals surface area contributed by atoms with Crippen molar-refractivity contribution in [2.24, 2.45) is 0 Å². The maximum Gasteiger partial charge on any atom is 0.334 e. The van der Waals surface area contributed by atoms with Crippen molar-refractivity contribution in [2.75, 3.05) is 18.5 Å². The van der Waals surface area contributed by atoms with Crippen LogP contribution in [0.5, 0.6) is 0 Å². The van der Waals surface area contributed by atoms with Crippen molar-refractivity contribution in [3.63, 3.8) is 0 Å². The number of anilines is 1. The Morgan fingerprint density at radius 1 is 1.19 bits per heavy atom. The van der Waals surface area contributed by atoms with Gasteiger partial charge in [0.2, 0.25) is 0 Å². The Balaban J connectivity index is 2.14. The fraction of sp³-hybridized carbons (Fsp3) is 0.333. The zero-order chi connectivity index (χ0) is 14.8. The van der Waals surface area contributed by atoms with Gasteiger partial charge in [0.25, 0.3) is 5.56 Å². The molecule has 2 N–H and O–H groups in total. The number of benzene rings is 1. The first-order valence-corrected chi connectivity index (χ1v) is 7.10. The molecule has 0 radical (unpaired) electrons. The zero-order valence-corrected chi connectivity index (χ0v) is 11.9. The van der Waals surface area contributed by atoms with Crippen molar-refractivity contribution >= 4 is 5.82 Å². The molecule has 0 unspecified atom stereocenters. The maximum atomic E-state index is 12.2. The molecule has 0 spiro atoms. The lowest BCUT2D eigenvalue weighted by Crippen LogP contribution is -2.43. The minimum absolute atomic E-state index is 0.310. The van der Waals surface area contributed by atoms with Gasteiger partial charge >= 0.3 is 5.69 Å². The molecule has 0 bridgehead atoms. The fourth-order valence-electron chi connectivity index (χ4n) is 2.67. The summed E-state index contributed by atoms with van der Waals surface area (Å²) in [7, 11) is 0. The summed E-state index contributed by atoms with van der Waals surface area (Å²) in [5.41, 5.74) is 0.626. The van der Waals surface area contributed by atoms with E-state index in [1.54, 1.807) is 0 Å². The predicted octanol–water partition coefficient (Wildman–Crippen LogP) is 1.12. The van der Waals surface area contributed by atoms with Crippen LogP contribution in [0.15, 0.2) is 39.9 Å². The molecule has 0 aliphatic carbocycles. The van der Waals surface area contributed by atoms with Gasteiger partial charge in [0.05, 0.1) is 17.9 Å². The van der Waals surface area contributed by atoms with Crippen molar-refractivity contribution in [1.82, 2.24) is 14.5 Å². The van der Waals surface area contributed by atoms with Crippen molar-refractivity contribution in [3.8, 4) is 5.69 Å². The molecule has 6 nitrogen and oxygen atoms in total. The number of hydrogen-bond donors (Lipinski definition) is 2. The highest BCUT2D eigenvalue weighted by atomic mass is 16.2. The Morgan fingerprint density at radius 2 is 1.95 bits per heavy atom. The number of para-hydroxylation sites is 1.